The highest BCUT2D eigenvalue weighted by atomic mass is 32.2. The van der Waals surface area contributed by atoms with Crippen LogP contribution in [0.5, 0.6) is 0 Å². The van der Waals surface area contributed by atoms with Crippen LogP contribution in [-0.2, 0) is 38.9 Å². The van der Waals surface area contributed by atoms with Crippen molar-refractivity contribution in [1.29, 1.82) is 0 Å². The molecule has 186 valence electrons. The van der Waals surface area contributed by atoms with Gasteiger partial charge in [0.1, 0.15) is 0 Å². The SMILES string of the molecule is CN1CCc2cc(N(C)C)c(S(=O)(=O)c3ccc(Cc4ccc(S(C)(=O)=O)cc4)cc3)cc2CC1. The first-order valence-corrected chi connectivity index (χ1v) is 15.0. The summed E-state index contributed by atoms with van der Waals surface area (Å²) in [6.45, 7) is 1.87. The Labute approximate surface area is 209 Å². The van der Waals surface area contributed by atoms with Crippen molar-refractivity contribution < 1.29 is 16.8 Å². The predicted molar refractivity (Wildman–Crippen MR) is 140 cm³/mol. The van der Waals surface area contributed by atoms with Gasteiger partial charge in [0, 0.05) is 33.4 Å². The van der Waals surface area contributed by atoms with Crippen molar-refractivity contribution >= 4 is 25.4 Å². The van der Waals surface area contributed by atoms with Crippen LogP contribution in [0, 0.1) is 0 Å². The third kappa shape index (κ3) is 5.60. The second-order valence-corrected chi connectivity index (χ2v) is 13.5. The van der Waals surface area contributed by atoms with Crippen LogP contribution in [0.15, 0.2) is 75.4 Å². The van der Waals surface area contributed by atoms with E-state index in [0.29, 0.717) is 17.0 Å². The summed E-state index contributed by atoms with van der Waals surface area (Å²) < 4.78 is 50.7. The average molecular weight is 513 g/mol. The molecule has 3 aromatic rings. The summed E-state index contributed by atoms with van der Waals surface area (Å²) in [4.78, 5) is 5.04. The minimum atomic E-state index is -3.71. The summed E-state index contributed by atoms with van der Waals surface area (Å²) in [6, 6.07) is 17.7. The Morgan fingerprint density at radius 2 is 1.26 bits per heavy atom. The molecule has 0 spiro atoms. The van der Waals surface area contributed by atoms with Gasteiger partial charge in [-0.15, -0.1) is 0 Å². The molecule has 0 radical (unpaired) electrons. The van der Waals surface area contributed by atoms with E-state index in [1.807, 2.05) is 43.3 Å². The van der Waals surface area contributed by atoms with Crippen LogP contribution in [0.2, 0.25) is 0 Å². The van der Waals surface area contributed by atoms with E-state index in [1.165, 1.54) is 11.8 Å². The van der Waals surface area contributed by atoms with Crippen molar-refractivity contribution in [3.63, 3.8) is 0 Å². The Bertz CT molecular complexity index is 1430. The minimum absolute atomic E-state index is 0.266. The fraction of sp³-hybridized carbons (Fsp3) is 0.333. The fourth-order valence-corrected chi connectivity index (χ4v) is 6.62. The maximum absolute atomic E-state index is 13.7. The van der Waals surface area contributed by atoms with Gasteiger partial charge >= 0.3 is 0 Å². The van der Waals surface area contributed by atoms with Crippen LogP contribution >= 0.6 is 0 Å². The van der Waals surface area contributed by atoms with E-state index in [2.05, 4.69) is 11.9 Å². The Kier molecular flexibility index (Phi) is 7.09. The molecule has 0 fully saturated rings. The highest BCUT2D eigenvalue weighted by molar-refractivity contribution is 7.91. The van der Waals surface area contributed by atoms with Gasteiger partial charge in [-0.25, -0.2) is 16.8 Å². The molecular weight excluding hydrogens is 480 g/mol. The van der Waals surface area contributed by atoms with E-state index < -0.39 is 19.7 Å². The maximum atomic E-state index is 13.7. The molecule has 1 aliphatic heterocycles. The number of rotatable bonds is 6. The molecule has 1 aliphatic rings. The summed E-state index contributed by atoms with van der Waals surface area (Å²) in [7, 11) is -1.09. The summed E-state index contributed by atoms with van der Waals surface area (Å²) in [5, 5.41) is 0. The zero-order valence-electron chi connectivity index (χ0n) is 20.7. The lowest BCUT2D eigenvalue weighted by molar-refractivity contribution is 0.352. The Hall–Kier alpha value is -2.68. The highest BCUT2D eigenvalue weighted by Crippen LogP contribution is 2.34. The smallest absolute Gasteiger partial charge is 0.208 e. The van der Waals surface area contributed by atoms with Crippen molar-refractivity contribution in [3.8, 4) is 0 Å². The molecule has 0 saturated heterocycles. The summed E-state index contributed by atoms with van der Waals surface area (Å²) in [6.07, 6.45) is 3.51. The first-order valence-electron chi connectivity index (χ1n) is 11.6. The molecule has 0 aliphatic carbocycles. The molecule has 0 bridgehead atoms. The predicted octanol–water partition coefficient (Wildman–Crippen LogP) is 3.61. The number of benzene rings is 3. The highest BCUT2D eigenvalue weighted by Gasteiger charge is 2.25. The van der Waals surface area contributed by atoms with E-state index in [1.54, 1.807) is 36.4 Å². The van der Waals surface area contributed by atoms with Crippen LogP contribution in [0.4, 0.5) is 5.69 Å². The number of anilines is 1. The molecule has 0 atom stereocenters. The van der Waals surface area contributed by atoms with Crippen molar-refractivity contribution in [2.75, 3.05) is 45.4 Å². The lowest BCUT2D eigenvalue weighted by atomic mass is 10.0. The second kappa shape index (κ2) is 9.76. The Balaban J connectivity index is 1.63. The van der Waals surface area contributed by atoms with Crippen molar-refractivity contribution in [1.82, 2.24) is 4.90 Å². The van der Waals surface area contributed by atoms with Crippen LogP contribution < -0.4 is 4.90 Å². The molecule has 4 rings (SSSR count). The zero-order chi connectivity index (χ0) is 25.4. The first kappa shape index (κ1) is 25.4. The molecule has 0 unspecified atom stereocenters. The Morgan fingerprint density at radius 3 is 1.74 bits per heavy atom. The van der Waals surface area contributed by atoms with Gasteiger partial charge in [0.15, 0.2) is 9.84 Å². The normalized spacial score (nSPS) is 14.9. The monoisotopic (exact) mass is 512 g/mol. The molecule has 8 heteroatoms. The third-order valence-electron chi connectivity index (χ3n) is 6.57. The second-order valence-electron chi connectivity index (χ2n) is 9.53. The lowest BCUT2D eigenvalue weighted by Crippen LogP contribution is -2.20. The molecular formula is C27H32N2O4S2. The van der Waals surface area contributed by atoms with E-state index in [0.717, 1.165) is 42.6 Å². The van der Waals surface area contributed by atoms with Crippen molar-refractivity contribution in [2.24, 2.45) is 0 Å². The molecule has 6 nitrogen and oxygen atoms in total. The van der Waals surface area contributed by atoms with E-state index in [4.69, 9.17) is 0 Å². The largest absolute Gasteiger partial charge is 0.377 e. The number of sulfone groups is 2. The van der Waals surface area contributed by atoms with Gasteiger partial charge in [0.2, 0.25) is 9.84 Å². The van der Waals surface area contributed by atoms with Crippen LogP contribution in [-0.4, -0.2) is 62.2 Å². The van der Waals surface area contributed by atoms with Gasteiger partial charge in [0.25, 0.3) is 0 Å². The fourth-order valence-electron chi connectivity index (χ4n) is 4.42. The number of hydrogen-bond donors (Lipinski definition) is 0. The van der Waals surface area contributed by atoms with E-state index in [9.17, 15) is 16.8 Å². The minimum Gasteiger partial charge on any atom is -0.377 e. The first-order chi connectivity index (χ1) is 16.4. The molecule has 35 heavy (non-hydrogen) atoms. The molecule has 0 aromatic heterocycles. The van der Waals surface area contributed by atoms with Crippen LogP contribution in [0.25, 0.3) is 0 Å². The van der Waals surface area contributed by atoms with Crippen LogP contribution in [0.3, 0.4) is 0 Å². The number of hydrogen-bond acceptors (Lipinski definition) is 6. The average Bonchev–Trinajstić information content (AvgIpc) is 2.99. The van der Waals surface area contributed by atoms with Gasteiger partial charge < -0.3 is 9.80 Å². The third-order valence-corrected chi connectivity index (χ3v) is 9.50. The van der Waals surface area contributed by atoms with Gasteiger partial charge in [-0.3, -0.25) is 0 Å². The van der Waals surface area contributed by atoms with E-state index in [-0.39, 0.29) is 9.79 Å². The number of likely N-dealkylation sites (N-methyl/N-ethyl adjacent to an activating group) is 1. The number of nitrogens with zero attached hydrogens (tertiary/aromatic N) is 2. The molecule has 0 amide bonds. The summed E-state index contributed by atoms with van der Waals surface area (Å²) in [5.41, 5.74) is 4.94. The number of fused-ring (bicyclic) bond motifs is 1. The van der Waals surface area contributed by atoms with Gasteiger partial charge in [-0.05, 0) is 85.0 Å². The summed E-state index contributed by atoms with van der Waals surface area (Å²) >= 11 is 0. The summed E-state index contributed by atoms with van der Waals surface area (Å²) in [5.74, 6) is 0. The maximum Gasteiger partial charge on any atom is 0.208 e. The van der Waals surface area contributed by atoms with Crippen molar-refractivity contribution in [2.45, 2.75) is 33.9 Å². The van der Waals surface area contributed by atoms with Gasteiger partial charge in [-0.2, -0.15) is 0 Å². The zero-order valence-corrected chi connectivity index (χ0v) is 22.3. The molecule has 0 N–H and O–H groups in total. The topological polar surface area (TPSA) is 74.8 Å². The standard InChI is InChI=1S/C27H32N2O4S2/c1-28(2)26-18-22-13-15-29(3)16-14-23(22)19-27(26)35(32,33)25-11-7-21(8-12-25)17-20-5-9-24(10-6-20)34(4,30)31/h5-12,18-19H,13-17H2,1-4H3. The van der Waals surface area contributed by atoms with Crippen molar-refractivity contribution in [3.05, 3.63) is 82.9 Å². The quantitative estimate of drug-likeness (QED) is 0.502. The van der Waals surface area contributed by atoms with E-state index >= 15 is 0 Å². The lowest BCUT2D eigenvalue weighted by Gasteiger charge is -2.21. The van der Waals surface area contributed by atoms with Gasteiger partial charge in [0.05, 0.1) is 20.4 Å². The molecule has 1 heterocycles. The van der Waals surface area contributed by atoms with Crippen LogP contribution in [0.1, 0.15) is 22.3 Å². The molecule has 3 aromatic carbocycles. The molecule has 0 saturated carbocycles. The van der Waals surface area contributed by atoms with Gasteiger partial charge in [-0.1, -0.05) is 24.3 Å². The Morgan fingerprint density at radius 1 is 0.771 bits per heavy atom.